The molecule has 1 saturated carbocycles. The third kappa shape index (κ3) is 4.70. The molecular weight excluding hydrogens is 468 g/mol. The first-order valence-electron chi connectivity index (χ1n) is 12.9. The average molecular weight is 509 g/mol. The van der Waals surface area contributed by atoms with Crippen molar-refractivity contribution in [1.82, 2.24) is 14.8 Å². The Labute approximate surface area is 211 Å². The second-order valence-electron chi connectivity index (χ2n) is 10.7. The molecule has 2 heterocycles. The molecule has 0 radical (unpaired) electrons. The summed E-state index contributed by atoms with van der Waals surface area (Å²) in [4.78, 5) is 35.6. The fraction of sp³-hybridized carbons (Fsp3) is 0.800. The molecule has 4 rings (SSSR count). The SMILES string of the molecule is CCN(CC)C(=O)C[C@@H]1c2nc(NC(=O)N3CCOCC3)sc2C[C@@H]2[C@](C)(CO)[C@H](O)CC[C@]21C. The zero-order chi connectivity index (χ0) is 25.4. The Morgan fingerprint density at radius 1 is 1.26 bits per heavy atom. The number of carbonyl (C=O) groups excluding carboxylic acids is 2. The molecule has 0 spiro atoms. The Morgan fingerprint density at radius 2 is 1.94 bits per heavy atom. The van der Waals surface area contributed by atoms with Crippen LogP contribution in [-0.4, -0.2) is 89.0 Å². The molecule has 196 valence electrons. The maximum absolute atomic E-state index is 13.3. The molecule has 3 aliphatic rings. The third-order valence-electron chi connectivity index (χ3n) is 8.90. The van der Waals surface area contributed by atoms with E-state index < -0.39 is 11.5 Å². The molecule has 2 aliphatic carbocycles. The number of amides is 3. The Balaban J connectivity index is 1.69. The number of ether oxygens (including phenoxy) is 1. The molecule has 1 aromatic rings. The first-order valence-corrected chi connectivity index (χ1v) is 13.7. The van der Waals surface area contributed by atoms with Crippen LogP contribution in [0.4, 0.5) is 9.93 Å². The maximum Gasteiger partial charge on any atom is 0.323 e. The normalized spacial score (nSPS) is 32.5. The second kappa shape index (κ2) is 10.3. The number of aliphatic hydroxyl groups excluding tert-OH is 2. The van der Waals surface area contributed by atoms with Crippen LogP contribution in [0, 0.1) is 16.7 Å². The van der Waals surface area contributed by atoms with E-state index in [2.05, 4.69) is 12.2 Å². The molecule has 1 saturated heterocycles. The summed E-state index contributed by atoms with van der Waals surface area (Å²) in [6, 6.07) is -0.186. The van der Waals surface area contributed by atoms with E-state index in [9.17, 15) is 19.8 Å². The number of urea groups is 1. The quantitative estimate of drug-likeness (QED) is 0.544. The fourth-order valence-corrected chi connectivity index (χ4v) is 7.57. The van der Waals surface area contributed by atoms with Crippen molar-refractivity contribution in [3.05, 3.63) is 10.6 Å². The molecule has 0 aromatic carbocycles. The van der Waals surface area contributed by atoms with Gasteiger partial charge in [-0.3, -0.25) is 10.1 Å². The van der Waals surface area contributed by atoms with Crippen LogP contribution < -0.4 is 5.32 Å². The largest absolute Gasteiger partial charge is 0.396 e. The van der Waals surface area contributed by atoms with Crippen LogP contribution in [-0.2, 0) is 16.0 Å². The zero-order valence-corrected chi connectivity index (χ0v) is 22.2. The van der Waals surface area contributed by atoms with Crippen molar-refractivity contribution in [2.24, 2.45) is 16.7 Å². The molecule has 1 aliphatic heterocycles. The summed E-state index contributed by atoms with van der Waals surface area (Å²) in [5.74, 6) is -0.0569. The highest BCUT2D eigenvalue weighted by Gasteiger charge is 2.59. The minimum atomic E-state index is -0.664. The van der Waals surface area contributed by atoms with Crippen molar-refractivity contribution in [1.29, 1.82) is 0 Å². The van der Waals surface area contributed by atoms with Crippen LogP contribution in [0.3, 0.4) is 0 Å². The Morgan fingerprint density at radius 3 is 2.57 bits per heavy atom. The Bertz CT molecular complexity index is 931. The van der Waals surface area contributed by atoms with Gasteiger partial charge in [0, 0.05) is 48.8 Å². The number of hydrogen-bond donors (Lipinski definition) is 3. The summed E-state index contributed by atoms with van der Waals surface area (Å²) in [7, 11) is 0. The number of hydrogen-bond acceptors (Lipinski definition) is 7. The third-order valence-corrected chi connectivity index (χ3v) is 9.91. The van der Waals surface area contributed by atoms with Crippen LogP contribution in [0.1, 0.15) is 63.4 Å². The molecule has 5 atom stereocenters. The van der Waals surface area contributed by atoms with Gasteiger partial charge in [-0.1, -0.05) is 13.8 Å². The first kappa shape index (κ1) is 26.3. The molecule has 0 bridgehead atoms. The average Bonchev–Trinajstić information content (AvgIpc) is 3.26. The van der Waals surface area contributed by atoms with Crippen molar-refractivity contribution in [3.63, 3.8) is 0 Å². The van der Waals surface area contributed by atoms with Gasteiger partial charge in [-0.05, 0) is 44.4 Å². The number of nitrogens with one attached hydrogen (secondary N) is 1. The van der Waals surface area contributed by atoms with E-state index in [-0.39, 0.29) is 35.8 Å². The van der Waals surface area contributed by atoms with Gasteiger partial charge in [0.1, 0.15) is 0 Å². The second-order valence-corrected chi connectivity index (χ2v) is 11.7. The topological polar surface area (TPSA) is 115 Å². The zero-order valence-electron chi connectivity index (χ0n) is 21.4. The predicted molar refractivity (Wildman–Crippen MR) is 135 cm³/mol. The molecule has 9 nitrogen and oxygen atoms in total. The number of rotatable bonds is 6. The number of fused-ring (bicyclic) bond motifs is 2. The highest BCUT2D eigenvalue weighted by Crippen LogP contribution is 2.62. The predicted octanol–water partition coefficient (Wildman–Crippen LogP) is 2.68. The van der Waals surface area contributed by atoms with Gasteiger partial charge in [0.05, 0.1) is 31.6 Å². The lowest BCUT2D eigenvalue weighted by molar-refractivity contribution is -0.147. The van der Waals surface area contributed by atoms with Crippen molar-refractivity contribution >= 4 is 28.4 Å². The molecular formula is C25H40N4O5S. The minimum absolute atomic E-state index is 0.00556. The first-order chi connectivity index (χ1) is 16.7. The Kier molecular flexibility index (Phi) is 7.76. The van der Waals surface area contributed by atoms with Gasteiger partial charge in [0.15, 0.2) is 5.13 Å². The molecule has 0 unspecified atom stereocenters. The summed E-state index contributed by atoms with van der Waals surface area (Å²) in [5.41, 5.74) is -0.0720. The van der Waals surface area contributed by atoms with Gasteiger partial charge in [-0.25, -0.2) is 9.78 Å². The van der Waals surface area contributed by atoms with Crippen molar-refractivity contribution < 1.29 is 24.5 Å². The van der Waals surface area contributed by atoms with Crippen LogP contribution in [0.15, 0.2) is 0 Å². The number of nitrogens with zero attached hydrogens (tertiary/aromatic N) is 3. The lowest BCUT2D eigenvalue weighted by Gasteiger charge is -2.58. The van der Waals surface area contributed by atoms with Crippen molar-refractivity contribution in [3.8, 4) is 0 Å². The molecule has 35 heavy (non-hydrogen) atoms. The molecule has 3 N–H and O–H groups in total. The maximum atomic E-state index is 13.3. The van der Waals surface area contributed by atoms with Gasteiger partial charge in [0.25, 0.3) is 0 Å². The molecule has 1 aromatic heterocycles. The lowest BCUT2D eigenvalue weighted by atomic mass is 9.47. The molecule has 10 heteroatoms. The highest BCUT2D eigenvalue weighted by atomic mass is 32.1. The van der Waals surface area contributed by atoms with E-state index in [1.165, 1.54) is 11.3 Å². The van der Waals surface area contributed by atoms with Gasteiger partial charge < -0.3 is 24.7 Å². The lowest BCUT2D eigenvalue weighted by Crippen LogP contribution is -2.57. The van der Waals surface area contributed by atoms with Crippen LogP contribution in [0.2, 0.25) is 0 Å². The van der Waals surface area contributed by atoms with E-state index in [4.69, 9.17) is 9.72 Å². The van der Waals surface area contributed by atoms with Crippen LogP contribution >= 0.6 is 11.3 Å². The van der Waals surface area contributed by atoms with Crippen molar-refractivity contribution in [2.75, 3.05) is 51.3 Å². The summed E-state index contributed by atoms with van der Waals surface area (Å²) in [6.45, 7) is 11.5. The van der Waals surface area contributed by atoms with Crippen LogP contribution in [0.5, 0.6) is 0 Å². The number of anilines is 1. The minimum Gasteiger partial charge on any atom is -0.396 e. The number of aliphatic hydroxyl groups is 2. The van der Waals surface area contributed by atoms with E-state index in [0.717, 1.165) is 17.0 Å². The van der Waals surface area contributed by atoms with Crippen LogP contribution in [0.25, 0.3) is 0 Å². The monoisotopic (exact) mass is 508 g/mol. The number of morpholine rings is 1. The van der Waals surface area contributed by atoms with Gasteiger partial charge in [-0.2, -0.15) is 0 Å². The smallest absolute Gasteiger partial charge is 0.323 e. The van der Waals surface area contributed by atoms with E-state index >= 15 is 0 Å². The van der Waals surface area contributed by atoms with Gasteiger partial charge >= 0.3 is 6.03 Å². The summed E-state index contributed by atoms with van der Waals surface area (Å²) >= 11 is 1.46. The number of aromatic nitrogens is 1. The van der Waals surface area contributed by atoms with Gasteiger partial charge in [0.2, 0.25) is 5.91 Å². The van der Waals surface area contributed by atoms with Gasteiger partial charge in [-0.15, -0.1) is 11.3 Å². The number of carbonyl (C=O) groups is 2. The summed E-state index contributed by atoms with van der Waals surface area (Å²) in [6.07, 6.45) is 1.75. The fourth-order valence-electron chi connectivity index (χ4n) is 6.52. The van der Waals surface area contributed by atoms with E-state index in [1.54, 1.807) is 4.90 Å². The summed E-state index contributed by atoms with van der Waals surface area (Å²) < 4.78 is 5.35. The number of thiazole rings is 1. The standard InChI is InChI=1S/C25H40N4O5S/c1-5-28(6-2)20(32)13-16-21-17(14-18-24(16,3)8-7-19(31)25(18,4)15-30)35-22(26-21)27-23(33)29-9-11-34-12-10-29/h16,18-19,30-31H,5-15H2,1-4H3,(H,26,27,33)/t16-,18+,19-,24+,25+/m1/s1. The summed E-state index contributed by atoms with van der Waals surface area (Å²) in [5, 5.41) is 24.8. The van der Waals surface area contributed by atoms with E-state index in [1.807, 2.05) is 25.7 Å². The highest BCUT2D eigenvalue weighted by molar-refractivity contribution is 7.15. The van der Waals surface area contributed by atoms with E-state index in [0.29, 0.717) is 63.8 Å². The van der Waals surface area contributed by atoms with Crippen molar-refractivity contribution in [2.45, 2.75) is 65.4 Å². The molecule has 2 fully saturated rings. The molecule has 3 amide bonds. The Hall–Kier alpha value is -1.75.